The summed E-state index contributed by atoms with van der Waals surface area (Å²) in [6.07, 6.45) is 6.51. The molecule has 0 saturated carbocycles. The first-order valence-corrected chi connectivity index (χ1v) is 4.90. The van der Waals surface area contributed by atoms with E-state index in [9.17, 15) is 4.39 Å². The zero-order chi connectivity index (χ0) is 9.80. The first-order valence-electron chi connectivity index (χ1n) is 4.90. The zero-order valence-corrected chi connectivity index (χ0v) is 7.95. The fraction of sp³-hybridized carbons (Fsp3) is 0.333. The van der Waals surface area contributed by atoms with Crippen molar-refractivity contribution in [1.29, 1.82) is 0 Å². The highest BCUT2D eigenvalue weighted by Crippen LogP contribution is 2.14. The Balaban J connectivity index is 1.99. The first kappa shape index (κ1) is 9.41. The minimum absolute atomic E-state index is 0.195. The third-order valence-electron chi connectivity index (χ3n) is 2.34. The topological polar surface area (TPSA) is 9.23 Å². The van der Waals surface area contributed by atoms with Gasteiger partial charge >= 0.3 is 0 Å². The van der Waals surface area contributed by atoms with Gasteiger partial charge in [0.2, 0.25) is 0 Å². The van der Waals surface area contributed by atoms with Crippen LogP contribution in [0.5, 0.6) is 0 Å². The second kappa shape index (κ2) is 4.38. The van der Waals surface area contributed by atoms with Gasteiger partial charge in [-0.15, -0.1) is 0 Å². The van der Waals surface area contributed by atoms with Crippen LogP contribution in [-0.4, -0.2) is 12.7 Å². The molecule has 1 heterocycles. The Kier molecular flexibility index (Phi) is 2.94. The molecule has 1 aromatic carbocycles. The largest absolute Gasteiger partial charge is 0.374 e. The monoisotopic (exact) mass is 192 g/mol. The summed E-state index contributed by atoms with van der Waals surface area (Å²) < 4.78 is 18.0. The van der Waals surface area contributed by atoms with E-state index < -0.39 is 0 Å². The lowest BCUT2D eigenvalue weighted by Gasteiger charge is -2.01. The molecule has 0 spiro atoms. The zero-order valence-electron chi connectivity index (χ0n) is 7.95. The van der Waals surface area contributed by atoms with E-state index in [2.05, 4.69) is 0 Å². The smallest absolute Gasteiger partial charge is 0.123 e. The molecule has 1 aliphatic rings. The van der Waals surface area contributed by atoms with E-state index in [0.717, 1.165) is 25.0 Å². The van der Waals surface area contributed by atoms with Crippen molar-refractivity contribution >= 4 is 6.08 Å². The normalized spacial score (nSPS) is 21.9. The Labute approximate surface area is 83.2 Å². The maximum atomic E-state index is 12.6. The first-order chi connectivity index (χ1) is 6.84. The highest BCUT2D eigenvalue weighted by atomic mass is 19.1. The van der Waals surface area contributed by atoms with Crippen molar-refractivity contribution < 1.29 is 9.13 Å². The summed E-state index contributed by atoms with van der Waals surface area (Å²) in [6, 6.07) is 6.46. The van der Waals surface area contributed by atoms with E-state index >= 15 is 0 Å². The molecule has 74 valence electrons. The van der Waals surface area contributed by atoms with Crippen molar-refractivity contribution in [2.45, 2.75) is 18.9 Å². The van der Waals surface area contributed by atoms with Gasteiger partial charge in [0.25, 0.3) is 0 Å². The van der Waals surface area contributed by atoms with Gasteiger partial charge in [0.1, 0.15) is 5.82 Å². The minimum Gasteiger partial charge on any atom is -0.374 e. The van der Waals surface area contributed by atoms with Crippen LogP contribution in [0.4, 0.5) is 4.39 Å². The highest BCUT2D eigenvalue weighted by Gasteiger charge is 2.10. The average molecular weight is 192 g/mol. The predicted molar refractivity (Wildman–Crippen MR) is 54.4 cm³/mol. The molecule has 1 aliphatic heterocycles. The molecule has 0 aromatic heterocycles. The molecule has 2 rings (SSSR count). The molecule has 0 amide bonds. The van der Waals surface area contributed by atoms with E-state index in [1.165, 1.54) is 12.1 Å². The molecule has 1 aromatic rings. The molecule has 2 heteroatoms. The summed E-state index contributed by atoms with van der Waals surface area (Å²) in [6.45, 7) is 0.860. The van der Waals surface area contributed by atoms with Crippen LogP contribution in [0.2, 0.25) is 0 Å². The Hall–Kier alpha value is -1.15. The molecule has 14 heavy (non-hydrogen) atoms. The quantitative estimate of drug-likeness (QED) is 0.699. The summed E-state index contributed by atoms with van der Waals surface area (Å²) in [4.78, 5) is 0. The third kappa shape index (κ3) is 2.42. The Morgan fingerprint density at radius 3 is 2.71 bits per heavy atom. The van der Waals surface area contributed by atoms with E-state index in [4.69, 9.17) is 4.74 Å². The fourth-order valence-electron chi connectivity index (χ4n) is 1.55. The minimum atomic E-state index is -0.195. The molecule has 0 radical (unpaired) electrons. The van der Waals surface area contributed by atoms with Crippen LogP contribution < -0.4 is 0 Å². The van der Waals surface area contributed by atoms with Crippen molar-refractivity contribution in [3.63, 3.8) is 0 Å². The lowest BCUT2D eigenvalue weighted by Crippen LogP contribution is -1.98. The van der Waals surface area contributed by atoms with Gasteiger partial charge in [0, 0.05) is 6.61 Å². The highest BCUT2D eigenvalue weighted by molar-refractivity contribution is 5.49. The van der Waals surface area contributed by atoms with Gasteiger partial charge in [-0.25, -0.2) is 4.39 Å². The lowest BCUT2D eigenvalue weighted by molar-refractivity contribution is 0.146. The maximum absolute atomic E-state index is 12.6. The number of hydrogen-bond donors (Lipinski definition) is 0. The van der Waals surface area contributed by atoms with E-state index in [1.807, 2.05) is 12.2 Å². The van der Waals surface area contributed by atoms with Gasteiger partial charge in [-0.05, 0) is 30.5 Å². The fourth-order valence-corrected chi connectivity index (χ4v) is 1.55. The van der Waals surface area contributed by atoms with Crippen LogP contribution >= 0.6 is 0 Å². The van der Waals surface area contributed by atoms with Crippen LogP contribution in [0, 0.1) is 5.82 Å². The van der Waals surface area contributed by atoms with E-state index in [0.29, 0.717) is 0 Å². The Morgan fingerprint density at radius 2 is 2.07 bits per heavy atom. The lowest BCUT2D eigenvalue weighted by atomic mass is 10.1. The molecule has 0 N–H and O–H groups in total. The number of rotatable bonds is 2. The molecule has 1 atom stereocenters. The van der Waals surface area contributed by atoms with Crippen LogP contribution in [0.1, 0.15) is 18.4 Å². The molecule has 1 fully saturated rings. The molecule has 1 unspecified atom stereocenters. The van der Waals surface area contributed by atoms with Gasteiger partial charge in [-0.2, -0.15) is 0 Å². The van der Waals surface area contributed by atoms with Crippen molar-refractivity contribution in [3.8, 4) is 0 Å². The second-order valence-electron chi connectivity index (χ2n) is 3.46. The number of hydrogen-bond acceptors (Lipinski definition) is 1. The summed E-state index contributed by atoms with van der Waals surface area (Å²) in [7, 11) is 0. The third-order valence-corrected chi connectivity index (χ3v) is 2.34. The summed E-state index contributed by atoms with van der Waals surface area (Å²) in [5, 5.41) is 0. The second-order valence-corrected chi connectivity index (χ2v) is 3.46. The van der Waals surface area contributed by atoms with Crippen LogP contribution in [-0.2, 0) is 4.74 Å². The van der Waals surface area contributed by atoms with Gasteiger partial charge in [-0.3, -0.25) is 0 Å². The molecule has 1 saturated heterocycles. The summed E-state index contributed by atoms with van der Waals surface area (Å²) in [5.41, 5.74) is 1.02. The van der Waals surface area contributed by atoms with E-state index in [-0.39, 0.29) is 11.9 Å². The molecule has 0 aliphatic carbocycles. The van der Waals surface area contributed by atoms with Crippen LogP contribution in [0.3, 0.4) is 0 Å². The van der Waals surface area contributed by atoms with Crippen molar-refractivity contribution in [2.75, 3.05) is 6.61 Å². The van der Waals surface area contributed by atoms with Crippen LogP contribution in [0.15, 0.2) is 30.3 Å². The molecule has 1 nitrogen and oxygen atoms in total. The van der Waals surface area contributed by atoms with Crippen molar-refractivity contribution in [2.24, 2.45) is 0 Å². The van der Waals surface area contributed by atoms with Gasteiger partial charge in [0.15, 0.2) is 0 Å². The maximum Gasteiger partial charge on any atom is 0.123 e. The summed E-state index contributed by atoms with van der Waals surface area (Å²) >= 11 is 0. The molecular formula is C12H13FO. The van der Waals surface area contributed by atoms with Crippen molar-refractivity contribution in [1.82, 2.24) is 0 Å². The number of halogens is 1. The molecular weight excluding hydrogens is 179 g/mol. The van der Waals surface area contributed by atoms with Crippen molar-refractivity contribution in [3.05, 3.63) is 41.7 Å². The summed E-state index contributed by atoms with van der Waals surface area (Å²) in [5.74, 6) is -0.195. The standard InChI is InChI=1S/C12H13FO/c13-11-6-3-10(4-7-11)5-8-12-2-1-9-14-12/h3-8,12H,1-2,9H2/b8-5+. The number of benzene rings is 1. The van der Waals surface area contributed by atoms with E-state index in [1.54, 1.807) is 12.1 Å². The Bertz CT molecular complexity index is 310. The number of ether oxygens (including phenoxy) is 1. The SMILES string of the molecule is Fc1ccc(/C=C/C2CCCO2)cc1. The molecule has 0 bridgehead atoms. The average Bonchev–Trinajstić information content (AvgIpc) is 2.70. The van der Waals surface area contributed by atoms with Crippen LogP contribution in [0.25, 0.3) is 6.08 Å². The van der Waals surface area contributed by atoms with Gasteiger partial charge in [-0.1, -0.05) is 24.3 Å². The van der Waals surface area contributed by atoms with Gasteiger partial charge < -0.3 is 4.74 Å². The predicted octanol–water partition coefficient (Wildman–Crippen LogP) is 3.02. The Morgan fingerprint density at radius 1 is 1.29 bits per heavy atom. The van der Waals surface area contributed by atoms with Gasteiger partial charge in [0.05, 0.1) is 6.10 Å².